The van der Waals surface area contributed by atoms with Crippen LogP contribution in [0.15, 0.2) is 42.5 Å². The Morgan fingerprint density at radius 1 is 1.16 bits per heavy atom. The van der Waals surface area contributed by atoms with E-state index in [0.29, 0.717) is 18.8 Å². The van der Waals surface area contributed by atoms with Crippen molar-refractivity contribution in [1.29, 1.82) is 0 Å². The second kappa shape index (κ2) is 7.74. The van der Waals surface area contributed by atoms with Crippen LogP contribution in [0, 0.1) is 12.7 Å². The molecule has 2 aromatic carbocycles. The second-order valence-corrected chi connectivity index (χ2v) is 6.48. The Morgan fingerprint density at radius 3 is 2.60 bits per heavy atom. The highest BCUT2D eigenvalue weighted by Crippen LogP contribution is 2.25. The smallest absolute Gasteiger partial charge is 0.260 e. The number of piperazine rings is 1. The minimum atomic E-state index is -0.434. The average Bonchev–Trinajstić information content (AvgIpc) is 2.61. The predicted octanol–water partition coefficient (Wildman–Crippen LogP) is 3.52. The van der Waals surface area contributed by atoms with Gasteiger partial charge in [-0.1, -0.05) is 23.7 Å². The van der Waals surface area contributed by atoms with Gasteiger partial charge in [-0.3, -0.25) is 4.79 Å². The van der Waals surface area contributed by atoms with E-state index in [4.69, 9.17) is 16.3 Å². The molecule has 0 radical (unpaired) electrons. The van der Waals surface area contributed by atoms with Crippen LogP contribution in [0.5, 0.6) is 5.75 Å². The third-order valence-corrected chi connectivity index (χ3v) is 4.54. The van der Waals surface area contributed by atoms with E-state index < -0.39 is 5.82 Å². The van der Waals surface area contributed by atoms with Crippen LogP contribution in [0.25, 0.3) is 0 Å². The molecule has 0 unspecified atom stereocenters. The molecule has 1 saturated heterocycles. The van der Waals surface area contributed by atoms with Gasteiger partial charge in [0, 0.05) is 31.9 Å². The van der Waals surface area contributed by atoms with Gasteiger partial charge < -0.3 is 14.5 Å². The van der Waals surface area contributed by atoms with Gasteiger partial charge in [0.05, 0.1) is 5.02 Å². The molecule has 0 spiro atoms. The summed E-state index contributed by atoms with van der Waals surface area (Å²) in [4.78, 5) is 16.4. The zero-order valence-electron chi connectivity index (χ0n) is 14.0. The van der Waals surface area contributed by atoms with Crippen LogP contribution in [0.1, 0.15) is 5.56 Å². The summed E-state index contributed by atoms with van der Waals surface area (Å²) in [6, 6.07) is 12.2. The molecular weight excluding hydrogens is 343 g/mol. The van der Waals surface area contributed by atoms with Crippen molar-refractivity contribution in [1.82, 2.24) is 4.90 Å². The van der Waals surface area contributed by atoms with Gasteiger partial charge in [0.2, 0.25) is 0 Å². The van der Waals surface area contributed by atoms with Crippen LogP contribution in [0.2, 0.25) is 5.02 Å². The number of carbonyl (C=O) groups is 1. The Balaban J connectivity index is 1.51. The maximum Gasteiger partial charge on any atom is 0.260 e. The molecule has 3 rings (SSSR count). The normalized spacial score (nSPS) is 14.5. The van der Waals surface area contributed by atoms with Crippen molar-refractivity contribution in [2.75, 3.05) is 37.7 Å². The summed E-state index contributed by atoms with van der Waals surface area (Å²) in [6.45, 7) is 4.83. The lowest BCUT2D eigenvalue weighted by molar-refractivity contribution is -0.133. The molecule has 25 heavy (non-hydrogen) atoms. The number of hydrogen-bond donors (Lipinski definition) is 0. The first-order valence-electron chi connectivity index (χ1n) is 8.20. The molecule has 1 heterocycles. The quantitative estimate of drug-likeness (QED) is 0.834. The molecule has 0 aliphatic carbocycles. The maximum atomic E-state index is 13.0. The van der Waals surface area contributed by atoms with Crippen molar-refractivity contribution in [3.63, 3.8) is 0 Å². The minimum Gasteiger partial charge on any atom is -0.482 e. The van der Waals surface area contributed by atoms with Gasteiger partial charge >= 0.3 is 0 Å². The van der Waals surface area contributed by atoms with Gasteiger partial charge in [0.1, 0.15) is 11.6 Å². The van der Waals surface area contributed by atoms with Crippen LogP contribution in [-0.2, 0) is 4.79 Å². The molecule has 4 nitrogen and oxygen atoms in total. The lowest BCUT2D eigenvalue weighted by Crippen LogP contribution is -2.50. The van der Waals surface area contributed by atoms with E-state index in [1.54, 1.807) is 4.90 Å². The van der Waals surface area contributed by atoms with Crippen molar-refractivity contribution in [2.24, 2.45) is 0 Å². The predicted molar refractivity (Wildman–Crippen MR) is 96.9 cm³/mol. The first-order chi connectivity index (χ1) is 12.0. The topological polar surface area (TPSA) is 32.8 Å². The van der Waals surface area contributed by atoms with Crippen molar-refractivity contribution in [3.05, 3.63) is 58.9 Å². The summed E-state index contributed by atoms with van der Waals surface area (Å²) < 4.78 is 18.4. The van der Waals surface area contributed by atoms with Gasteiger partial charge in [-0.2, -0.15) is 0 Å². The highest BCUT2D eigenvalue weighted by molar-refractivity contribution is 6.32. The summed E-state index contributed by atoms with van der Waals surface area (Å²) in [7, 11) is 0. The van der Waals surface area contributed by atoms with Gasteiger partial charge in [0.25, 0.3) is 5.91 Å². The molecule has 132 valence electrons. The summed E-state index contributed by atoms with van der Waals surface area (Å²) in [6.07, 6.45) is 0. The number of benzene rings is 2. The molecule has 1 amide bonds. The highest BCUT2D eigenvalue weighted by atomic mass is 35.5. The van der Waals surface area contributed by atoms with Gasteiger partial charge in [0.15, 0.2) is 6.61 Å². The number of rotatable bonds is 4. The zero-order chi connectivity index (χ0) is 17.8. The Bertz CT molecular complexity index is 761. The van der Waals surface area contributed by atoms with Crippen molar-refractivity contribution in [2.45, 2.75) is 6.92 Å². The molecule has 0 saturated carbocycles. The zero-order valence-corrected chi connectivity index (χ0v) is 14.8. The molecule has 6 heteroatoms. The second-order valence-electron chi connectivity index (χ2n) is 6.07. The molecule has 0 aromatic heterocycles. The van der Waals surface area contributed by atoms with Gasteiger partial charge in [-0.15, -0.1) is 0 Å². The molecule has 1 aliphatic heterocycles. The summed E-state index contributed by atoms with van der Waals surface area (Å²) >= 11 is 5.90. The largest absolute Gasteiger partial charge is 0.482 e. The molecule has 0 atom stereocenters. The van der Waals surface area contributed by atoms with Crippen LogP contribution < -0.4 is 9.64 Å². The molecule has 1 fully saturated rings. The number of anilines is 1. The van der Waals surface area contributed by atoms with Crippen molar-refractivity contribution >= 4 is 23.2 Å². The van der Waals surface area contributed by atoms with Crippen molar-refractivity contribution in [3.8, 4) is 5.75 Å². The summed E-state index contributed by atoms with van der Waals surface area (Å²) in [5, 5.41) is 0.164. The lowest BCUT2D eigenvalue weighted by atomic mass is 10.2. The fourth-order valence-corrected chi connectivity index (χ4v) is 3.08. The first kappa shape index (κ1) is 17.5. The number of nitrogens with zero attached hydrogens (tertiary/aromatic N) is 2. The standard InChI is InChI=1S/C19H20ClFN2O2/c1-14-3-2-4-16(11-14)22-7-9-23(10-8-22)19(24)13-25-18-6-5-15(21)12-17(18)20/h2-6,11-12H,7-10,13H2,1H3. The number of aryl methyl sites for hydroxylation is 1. The fourth-order valence-electron chi connectivity index (χ4n) is 2.86. The number of halogens is 2. The summed E-state index contributed by atoms with van der Waals surface area (Å²) in [5.74, 6) is -0.213. The molecule has 2 aromatic rings. The highest BCUT2D eigenvalue weighted by Gasteiger charge is 2.22. The van der Waals surface area contributed by atoms with E-state index >= 15 is 0 Å². The Kier molecular flexibility index (Phi) is 5.43. The van der Waals surface area contributed by atoms with E-state index in [1.807, 2.05) is 6.07 Å². The monoisotopic (exact) mass is 362 g/mol. The number of hydrogen-bond acceptors (Lipinski definition) is 3. The number of carbonyl (C=O) groups excluding carboxylic acids is 1. The molecule has 0 bridgehead atoms. The Labute approximate surface area is 151 Å². The number of ether oxygens (including phenoxy) is 1. The van der Waals surface area contributed by atoms with E-state index in [-0.39, 0.29) is 17.5 Å². The third kappa shape index (κ3) is 4.42. The number of amides is 1. The van der Waals surface area contributed by atoms with E-state index in [0.717, 1.165) is 13.1 Å². The molecular formula is C19H20ClFN2O2. The SMILES string of the molecule is Cc1cccc(N2CCN(C(=O)COc3ccc(F)cc3Cl)CC2)c1. The third-order valence-electron chi connectivity index (χ3n) is 4.24. The van der Waals surface area contributed by atoms with Crippen molar-refractivity contribution < 1.29 is 13.9 Å². The van der Waals surface area contributed by atoms with E-state index in [2.05, 4.69) is 30.0 Å². The molecule has 1 aliphatic rings. The fraction of sp³-hybridized carbons (Fsp3) is 0.316. The van der Waals surface area contributed by atoms with Crippen LogP contribution in [-0.4, -0.2) is 43.6 Å². The van der Waals surface area contributed by atoms with Gasteiger partial charge in [-0.25, -0.2) is 4.39 Å². The lowest BCUT2D eigenvalue weighted by Gasteiger charge is -2.36. The van der Waals surface area contributed by atoms with Crippen LogP contribution in [0.4, 0.5) is 10.1 Å². The van der Waals surface area contributed by atoms with Gasteiger partial charge in [-0.05, 0) is 42.8 Å². The Morgan fingerprint density at radius 2 is 1.92 bits per heavy atom. The van der Waals surface area contributed by atoms with Crippen LogP contribution >= 0.6 is 11.6 Å². The Hall–Kier alpha value is -2.27. The maximum absolute atomic E-state index is 13.0. The first-order valence-corrected chi connectivity index (χ1v) is 8.58. The molecule has 0 N–H and O–H groups in total. The van der Waals surface area contributed by atoms with E-state index in [1.165, 1.54) is 29.4 Å². The average molecular weight is 363 g/mol. The summed E-state index contributed by atoms with van der Waals surface area (Å²) in [5.41, 5.74) is 2.40. The minimum absolute atomic E-state index is 0.0933. The van der Waals surface area contributed by atoms with E-state index in [9.17, 15) is 9.18 Å². The van der Waals surface area contributed by atoms with Crippen LogP contribution in [0.3, 0.4) is 0 Å².